The second-order valence-corrected chi connectivity index (χ2v) is 7.29. The van der Waals surface area contributed by atoms with Crippen molar-refractivity contribution in [3.05, 3.63) is 56.9 Å². The van der Waals surface area contributed by atoms with Gasteiger partial charge in [-0.25, -0.2) is 14.8 Å². The predicted molar refractivity (Wildman–Crippen MR) is 102 cm³/mol. The monoisotopic (exact) mass is 423 g/mol. The van der Waals surface area contributed by atoms with E-state index in [9.17, 15) is 9.59 Å². The van der Waals surface area contributed by atoms with E-state index in [0.29, 0.717) is 27.2 Å². The molecule has 0 bridgehead atoms. The molecule has 0 saturated carbocycles. The number of hydrogen-bond acceptors (Lipinski definition) is 4. The number of ketones is 1. The predicted octanol–water partition coefficient (Wildman–Crippen LogP) is 3.69. The minimum atomic E-state index is -0.701. The second kappa shape index (κ2) is 6.99. The molecule has 1 atom stereocenters. The largest absolute Gasteiger partial charge is 0.339 e. The Bertz CT molecular complexity index is 1070. The number of hydrogen-bond donors (Lipinski definition) is 2. The van der Waals surface area contributed by atoms with Crippen LogP contribution in [0.25, 0.3) is 11.2 Å². The van der Waals surface area contributed by atoms with Gasteiger partial charge in [0.1, 0.15) is 17.0 Å². The quantitative estimate of drug-likeness (QED) is 0.493. The smallest absolute Gasteiger partial charge is 0.318 e. The van der Waals surface area contributed by atoms with Gasteiger partial charge in [-0.2, -0.15) is 0 Å². The normalized spacial score (nSPS) is 16.8. The third kappa shape index (κ3) is 3.58. The number of benzene rings is 1. The van der Waals surface area contributed by atoms with Gasteiger partial charge in [0.25, 0.3) is 0 Å². The van der Waals surface area contributed by atoms with Crippen molar-refractivity contribution >= 4 is 57.8 Å². The average molecular weight is 425 g/mol. The summed E-state index contributed by atoms with van der Waals surface area (Å²) < 4.78 is 0. The summed E-state index contributed by atoms with van der Waals surface area (Å²) >= 11 is 17.8. The summed E-state index contributed by atoms with van der Waals surface area (Å²) in [5, 5.41) is 3.70. The van der Waals surface area contributed by atoms with Crippen molar-refractivity contribution < 1.29 is 9.59 Å². The van der Waals surface area contributed by atoms with E-state index in [1.807, 2.05) is 0 Å². The molecule has 1 fully saturated rings. The van der Waals surface area contributed by atoms with E-state index in [1.54, 1.807) is 24.3 Å². The molecule has 2 N–H and O–H groups in total. The summed E-state index contributed by atoms with van der Waals surface area (Å²) in [4.78, 5) is 38.0. The molecule has 1 aromatic carbocycles. The maximum atomic E-state index is 12.7. The lowest BCUT2D eigenvalue weighted by Gasteiger charge is -2.13. The molecule has 0 aliphatic carbocycles. The number of aromatic amines is 1. The highest BCUT2D eigenvalue weighted by Crippen LogP contribution is 2.24. The third-order valence-electron chi connectivity index (χ3n) is 4.20. The minimum Gasteiger partial charge on any atom is -0.339 e. The Labute approximate surface area is 168 Å². The first-order chi connectivity index (χ1) is 12.9. The van der Waals surface area contributed by atoms with Gasteiger partial charge >= 0.3 is 6.03 Å². The summed E-state index contributed by atoms with van der Waals surface area (Å²) in [5.74, 6) is 0.276. The zero-order valence-corrected chi connectivity index (χ0v) is 15.9. The number of aromatic nitrogens is 3. The van der Waals surface area contributed by atoms with E-state index in [1.165, 1.54) is 11.0 Å². The first-order valence-corrected chi connectivity index (χ1v) is 9.10. The maximum absolute atomic E-state index is 12.7. The van der Waals surface area contributed by atoms with Crippen LogP contribution in [0.5, 0.6) is 0 Å². The second-order valence-electron chi connectivity index (χ2n) is 6.06. The number of nitrogens with one attached hydrogen (secondary N) is 2. The number of imidazole rings is 1. The van der Waals surface area contributed by atoms with E-state index < -0.39 is 6.04 Å². The molecule has 0 spiro atoms. The van der Waals surface area contributed by atoms with Crippen LogP contribution in [-0.2, 0) is 6.54 Å². The lowest BCUT2D eigenvalue weighted by atomic mass is 10.0. The first-order valence-electron chi connectivity index (χ1n) is 7.96. The molecule has 1 aliphatic heterocycles. The van der Waals surface area contributed by atoms with E-state index in [-0.39, 0.29) is 29.9 Å². The number of carbonyl (C=O) groups is 2. The number of amides is 2. The van der Waals surface area contributed by atoms with Crippen LogP contribution in [0.1, 0.15) is 16.2 Å². The lowest BCUT2D eigenvalue weighted by molar-refractivity contribution is 0.0953. The van der Waals surface area contributed by atoms with Crippen LogP contribution in [0.2, 0.25) is 15.2 Å². The number of fused-ring (bicyclic) bond motifs is 1. The fourth-order valence-corrected chi connectivity index (χ4v) is 3.57. The zero-order valence-electron chi connectivity index (χ0n) is 13.7. The highest BCUT2D eigenvalue weighted by atomic mass is 35.5. The number of Topliss-reactive ketones (excluding diaryl/α,β-unsaturated/α-hetero) is 1. The van der Waals surface area contributed by atoms with Crippen molar-refractivity contribution in [2.45, 2.75) is 12.6 Å². The molecule has 2 aromatic heterocycles. The molecular weight excluding hydrogens is 413 g/mol. The first kappa shape index (κ1) is 18.0. The average Bonchev–Trinajstić information content (AvgIpc) is 3.17. The molecule has 4 rings (SSSR count). The molecule has 1 saturated heterocycles. The molecule has 27 heavy (non-hydrogen) atoms. The summed E-state index contributed by atoms with van der Waals surface area (Å²) in [7, 11) is 0. The molecule has 1 unspecified atom stereocenters. The summed E-state index contributed by atoms with van der Waals surface area (Å²) in [6, 6.07) is 6.99. The topological polar surface area (TPSA) is 91.0 Å². The van der Waals surface area contributed by atoms with Crippen molar-refractivity contribution in [3.8, 4) is 0 Å². The van der Waals surface area contributed by atoms with Gasteiger partial charge in [0.05, 0.1) is 23.6 Å². The Hall–Kier alpha value is -2.35. The van der Waals surface area contributed by atoms with Crippen LogP contribution in [0.4, 0.5) is 4.79 Å². The van der Waals surface area contributed by atoms with Gasteiger partial charge in [0.15, 0.2) is 11.4 Å². The summed E-state index contributed by atoms with van der Waals surface area (Å²) in [6.45, 7) is 0.403. The molecule has 0 radical (unpaired) electrons. The van der Waals surface area contributed by atoms with E-state index >= 15 is 0 Å². The Morgan fingerprint density at radius 2 is 2.00 bits per heavy atom. The van der Waals surface area contributed by atoms with Gasteiger partial charge in [0.2, 0.25) is 0 Å². The van der Waals surface area contributed by atoms with Crippen molar-refractivity contribution in [3.63, 3.8) is 0 Å². The standard InChI is InChI=1S/C17H12Cl3N5O2/c18-8-1-2-9(10(19)5-8)15(26)12-6-25(17(27)22-12)7-14-21-11-3-4-13(20)23-16(11)24-14/h1-5,12H,6-7H2,(H,22,27)(H,21,23,24). The van der Waals surface area contributed by atoms with Crippen molar-refractivity contribution in [1.82, 2.24) is 25.2 Å². The Morgan fingerprint density at radius 1 is 1.19 bits per heavy atom. The molecular formula is C17H12Cl3N5O2. The number of pyridine rings is 1. The highest BCUT2D eigenvalue weighted by molar-refractivity contribution is 6.37. The number of halogens is 3. The maximum Gasteiger partial charge on any atom is 0.318 e. The SMILES string of the molecule is O=C(c1ccc(Cl)cc1Cl)C1CN(Cc2nc3nc(Cl)ccc3[nH]2)C(=O)N1. The molecule has 10 heteroatoms. The number of rotatable bonds is 4. The van der Waals surface area contributed by atoms with Gasteiger partial charge < -0.3 is 15.2 Å². The third-order valence-corrected chi connectivity index (χ3v) is 4.96. The van der Waals surface area contributed by atoms with Crippen LogP contribution < -0.4 is 5.32 Å². The fourth-order valence-electron chi connectivity index (χ4n) is 2.93. The number of urea groups is 1. The van der Waals surface area contributed by atoms with Crippen molar-refractivity contribution in [2.24, 2.45) is 0 Å². The summed E-state index contributed by atoms with van der Waals surface area (Å²) in [5.41, 5.74) is 1.50. The fraction of sp³-hybridized carbons (Fsp3) is 0.176. The van der Waals surface area contributed by atoms with Gasteiger partial charge in [-0.05, 0) is 30.3 Å². The van der Waals surface area contributed by atoms with Gasteiger partial charge in [-0.15, -0.1) is 0 Å². The van der Waals surface area contributed by atoms with E-state index in [2.05, 4.69) is 20.3 Å². The molecule has 7 nitrogen and oxygen atoms in total. The van der Waals surface area contributed by atoms with Crippen LogP contribution in [0, 0.1) is 0 Å². The highest BCUT2D eigenvalue weighted by Gasteiger charge is 2.35. The lowest BCUT2D eigenvalue weighted by Crippen LogP contribution is -2.34. The van der Waals surface area contributed by atoms with Crippen LogP contribution in [0.3, 0.4) is 0 Å². The Kier molecular flexibility index (Phi) is 4.67. The number of nitrogens with zero attached hydrogens (tertiary/aromatic N) is 3. The van der Waals surface area contributed by atoms with Crippen molar-refractivity contribution in [1.29, 1.82) is 0 Å². The van der Waals surface area contributed by atoms with Crippen molar-refractivity contribution in [2.75, 3.05) is 6.54 Å². The van der Waals surface area contributed by atoms with Gasteiger partial charge in [0, 0.05) is 10.6 Å². The van der Waals surface area contributed by atoms with Gasteiger partial charge in [-0.3, -0.25) is 4.79 Å². The van der Waals surface area contributed by atoms with Crippen LogP contribution in [0.15, 0.2) is 30.3 Å². The Balaban J connectivity index is 1.50. The molecule has 2 amide bonds. The number of carbonyl (C=O) groups excluding carboxylic acids is 2. The molecule has 1 aliphatic rings. The minimum absolute atomic E-state index is 0.196. The zero-order chi connectivity index (χ0) is 19.1. The summed E-state index contributed by atoms with van der Waals surface area (Å²) in [6.07, 6.45) is 0. The van der Waals surface area contributed by atoms with Crippen LogP contribution >= 0.6 is 34.8 Å². The molecule has 3 heterocycles. The van der Waals surface area contributed by atoms with E-state index in [0.717, 1.165) is 5.52 Å². The van der Waals surface area contributed by atoms with Crippen LogP contribution in [-0.4, -0.2) is 44.3 Å². The van der Waals surface area contributed by atoms with Gasteiger partial charge in [-0.1, -0.05) is 34.8 Å². The van der Waals surface area contributed by atoms with E-state index in [4.69, 9.17) is 34.8 Å². The molecule has 138 valence electrons. The Morgan fingerprint density at radius 3 is 2.78 bits per heavy atom. The molecule has 3 aromatic rings. The number of H-pyrrole nitrogens is 1.